The van der Waals surface area contributed by atoms with Crippen LogP contribution in [0, 0.1) is 5.82 Å². The molecule has 3 aromatic rings. The lowest BCUT2D eigenvalue weighted by molar-refractivity contribution is -0.131. The van der Waals surface area contributed by atoms with E-state index in [-0.39, 0.29) is 17.4 Å². The molecule has 2 heterocycles. The van der Waals surface area contributed by atoms with Gasteiger partial charge in [0.25, 0.3) is 0 Å². The number of aryl methyl sites for hydroxylation is 2. The summed E-state index contributed by atoms with van der Waals surface area (Å²) in [7, 11) is 0. The maximum Gasteiger partial charge on any atom is 0.329 e. The summed E-state index contributed by atoms with van der Waals surface area (Å²) < 4.78 is 16.6. The van der Waals surface area contributed by atoms with E-state index in [4.69, 9.17) is 0 Å². The van der Waals surface area contributed by atoms with Crippen molar-refractivity contribution < 1.29 is 9.18 Å². The number of halogens is 1. The highest BCUT2D eigenvalue weighted by Gasteiger charge is 2.20. The lowest BCUT2D eigenvalue weighted by Crippen LogP contribution is -2.36. The number of fused-ring (bicyclic) bond motifs is 1. The summed E-state index contributed by atoms with van der Waals surface area (Å²) in [4.78, 5) is 29.9. The largest absolute Gasteiger partial charge is 0.341 e. The first-order valence-electron chi connectivity index (χ1n) is 11.0. The van der Waals surface area contributed by atoms with Crippen molar-refractivity contribution in [2.75, 3.05) is 26.2 Å². The molecule has 0 saturated carbocycles. The van der Waals surface area contributed by atoms with Crippen molar-refractivity contribution in [2.45, 2.75) is 39.4 Å². The molecule has 164 valence electrons. The van der Waals surface area contributed by atoms with E-state index in [0.717, 1.165) is 49.2 Å². The smallest absolute Gasteiger partial charge is 0.329 e. The molecule has 0 spiro atoms. The lowest BCUT2D eigenvalue weighted by atomic mass is 10.2. The second-order valence-corrected chi connectivity index (χ2v) is 8.05. The molecule has 1 aromatic heterocycles. The minimum Gasteiger partial charge on any atom is -0.341 e. The van der Waals surface area contributed by atoms with E-state index in [0.29, 0.717) is 26.1 Å². The van der Waals surface area contributed by atoms with Crippen LogP contribution in [0.2, 0.25) is 0 Å². The van der Waals surface area contributed by atoms with Crippen LogP contribution in [0.5, 0.6) is 0 Å². The first-order chi connectivity index (χ1) is 15.1. The molecule has 4 rings (SSSR count). The number of hydrogen-bond acceptors (Lipinski definition) is 3. The average Bonchev–Trinajstić information content (AvgIpc) is 2.90. The third-order valence-corrected chi connectivity index (χ3v) is 6.05. The molecule has 1 aliphatic rings. The Morgan fingerprint density at radius 2 is 1.65 bits per heavy atom. The van der Waals surface area contributed by atoms with E-state index in [1.165, 1.54) is 12.1 Å². The molecule has 1 amide bonds. The fourth-order valence-electron chi connectivity index (χ4n) is 4.39. The van der Waals surface area contributed by atoms with E-state index < -0.39 is 0 Å². The van der Waals surface area contributed by atoms with E-state index in [1.54, 1.807) is 9.13 Å². The fraction of sp³-hybridized carbons (Fsp3) is 0.417. The Hall–Kier alpha value is -2.93. The van der Waals surface area contributed by atoms with Crippen LogP contribution in [-0.4, -0.2) is 51.0 Å². The molecule has 1 aliphatic heterocycles. The Balaban J connectivity index is 1.36. The molecule has 0 N–H and O–H groups in total. The van der Waals surface area contributed by atoms with Gasteiger partial charge in [0.2, 0.25) is 5.91 Å². The van der Waals surface area contributed by atoms with Crippen molar-refractivity contribution in [2.24, 2.45) is 0 Å². The third-order valence-electron chi connectivity index (χ3n) is 6.05. The molecule has 0 aliphatic carbocycles. The highest BCUT2D eigenvalue weighted by Crippen LogP contribution is 2.14. The number of carbonyl (C=O) groups excluding carboxylic acids is 1. The van der Waals surface area contributed by atoms with Crippen LogP contribution >= 0.6 is 0 Å². The maximum atomic E-state index is 13.1. The lowest BCUT2D eigenvalue weighted by Gasteiger charge is -2.22. The normalized spacial score (nSPS) is 15.4. The first-order valence-corrected chi connectivity index (χ1v) is 11.0. The molecule has 2 aromatic carbocycles. The Morgan fingerprint density at radius 3 is 2.35 bits per heavy atom. The zero-order chi connectivity index (χ0) is 21.8. The summed E-state index contributed by atoms with van der Waals surface area (Å²) >= 11 is 0. The van der Waals surface area contributed by atoms with Gasteiger partial charge in [-0.15, -0.1) is 0 Å². The molecule has 7 heteroatoms. The topological polar surface area (TPSA) is 50.5 Å². The van der Waals surface area contributed by atoms with Crippen molar-refractivity contribution in [3.63, 3.8) is 0 Å². The van der Waals surface area contributed by atoms with Gasteiger partial charge in [0.1, 0.15) is 5.82 Å². The van der Waals surface area contributed by atoms with Crippen molar-refractivity contribution in [1.82, 2.24) is 18.9 Å². The van der Waals surface area contributed by atoms with Gasteiger partial charge in [-0.3, -0.25) is 18.8 Å². The van der Waals surface area contributed by atoms with Crippen LogP contribution in [-0.2, 0) is 24.4 Å². The molecule has 6 nitrogen and oxygen atoms in total. The number of aromatic nitrogens is 2. The fourth-order valence-corrected chi connectivity index (χ4v) is 4.39. The quantitative estimate of drug-likeness (QED) is 0.611. The molecule has 1 saturated heterocycles. The summed E-state index contributed by atoms with van der Waals surface area (Å²) in [6, 6.07) is 14.3. The van der Waals surface area contributed by atoms with Gasteiger partial charge in [-0.2, -0.15) is 0 Å². The first kappa shape index (κ1) is 21.3. The number of benzene rings is 2. The molecule has 0 bridgehead atoms. The monoisotopic (exact) mass is 424 g/mol. The van der Waals surface area contributed by atoms with Gasteiger partial charge in [0, 0.05) is 52.2 Å². The van der Waals surface area contributed by atoms with Crippen LogP contribution in [0.25, 0.3) is 11.0 Å². The zero-order valence-electron chi connectivity index (χ0n) is 18.0. The Bertz CT molecular complexity index is 1100. The molecular formula is C24H29FN4O2. The van der Waals surface area contributed by atoms with Crippen molar-refractivity contribution in [3.05, 3.63) is 70.4 Å². The summed E-state index contributed by atoms with van der Waals surface area (Å²) in [5.41, 5.74) is 2.81. The molecule has 0 unspecified atom stereocenters. The number of rotatable bonds is 6. The Labute approximate surface area is 181 Å². The SMILES string of the molecule is CCn1c(=O)n(CCC(=O)N2CCCN(Cc3ccc(F)cc3)CC2)c2ccccc21. The summed E-state index contributed by atoms with van der Waals surface area (Å²) in [5, 5.41) is 0. The summed E-state index contributed by atoms with van der Waals surface area (Å²) in [5.74, 6) is -0.138. The van der Waals surface area contributed by atoms with Crippen LogP contribution < -0.4 is 5.69 Å². The van der Waals surface area contributed by atoms with Gasteiger partial charge in [-0.25, -0.2) is 9.18 Å². The standard InChI is InChI=1S/C24H29FN4O2/c1-2-28-21-6-3-4-7-22(21)29(24(28)31)15-12-23(30)27-14-5-13-26(16-17-27)18-19-8-10-20(25)11-9-19/h3-4,6-11H,2,5,12-18H2,1H3. The highest BCUT2D eigenvalue weighted by molar-refractivity contribution is 5.78. The van der Waals surface area contributed by atoms with Crippen molar-refractivity contribution >= 4 is 16.9 Å². The number of para-hydroxylation sites is 2. The number of nitrogens with zero attached hydrogens (tertiary/aromatic N) is 4. The minimum atomic E-state index is -0.224. The Morgan fingerprint density at radius 1 is 0.935 bits per heavy atom. The molecule has 0 atom stereocenters. The number of imidazole rings is 1. The van der Waals surface area contributed by atoms with Gasteiger partial charge in [-0.05, 0) is 43.2 Å². The number of hydrogen-bond donors (Lipinski definition) is 0. The van der Waals surface area contributed by atoms with Crippen LogP contribution in [0.1, 0.15) is 25.3 Å². The van der Waals surface area contributed by atoms with Crippen molar-refractivity contribution in [3.8, 4) is 0 Å². The van der Waals surface area contributed by atoms with Crippen LogP contribution in [0.3, 0.4) is 0 Å². The Kier molecular flexibility index (Phi) is 6.51. The average molecular weight is 425 g/mol. The predicted octanol–water partition coefficient (Wildman–Crippen LogP) is 3.09. The summed E-state index contributed by atoms with van der Waals surface area (Å²) in [6.45, 7) is 6.81. The van der Waals surface area contributed by atoms with Gasteiger partial charge in [-0.1, -0.05) is 24.3 Å². The van der Waals surface area contributed by atoms with Gasteiger partial charge in [0.05, 0.1) is 11.0 Å². The second kappa shape index (κ2) is 9.47. The number of amides is 1. The predicted molar refractivity (Wildman–Crippen MR) is 119 cm³/mol. The molecule has 1 fully saturated rings. The molecule has 0 radical (unpaired) electrons. The van der Waals surface area contributed by atoms with Crippen LogP contribution in [0.15, 0.2) is 53.3 Å². The van der Waals surface area contributed by atoms with E-state index in [2.05, 4.69) is 4.90 Å². The molecular weight excluding hydrogens is 395 g/mol. The number of carbonyl (C=O) groups is 1. The third kappa shape index (κ3) is 4.71. The maximum absolute atomic E-state index is 13.1. The van der Waals surface area contributed by atoms with Crippen LogP contribution in [0.4, 0.5) is 4.39 Å². The second-order valence-electron chi connectivity index (χ2n) is 8.05. The summed E-state index contributed by atoms with van der Waals surface area (Å²) in [6.07, 6.45) is 1.22. The molecule has 31 heavy (non-hydrogen) atoms. The van der Waals surface area contributed by atoms with Gasteiger partial charge >= 0.3 is 5.69 Å². The van der Waals surface area contributed by atoms with Gasteiger partial charge < -0.3 is 4.90 Å². The van der Waals surface area contributed by atoms with E-state index in [9.17, 15) is 14.0 Å². The van der Waals surface area contributed by atoms with Crippen molar-refractivity contribution in [1.29, 1.82) is 0 Å². The van der Waals surface area contributed by atoms with Gasteiger partial charge in [0.15, 0.2) is 0 Å². The van der Waals surface area contributed by atoms with E-state index >= 15 is 0 Å². The highest BCUT2D eigenvalue weighted by atomic mass is 19.1. The zero-order valence-corrected chi connectivity index (χ0v) is 18.0. The minimum absolute atomic E-state index is 0.0576. The van der Waals surface area contributed by atoms with E-state index in [1.807, 2.05) is 48.2 Å².